The van der Waals surface area contributed by atoms with Crippen molar-refractivity contribution in [3.05, 3.63) is 0 Å². The van der Waals surface area contributed by atoms with E-state index < -0.39 is 74.3 Å². The second-order valence-electron chi connectivity index (χ2n) is 6.21. The van der Waals surface area contributed by atoms with E-state index in [9.17, 15) is 35.7 Å². The SMILES string of the molecule is CO[C@H]1OC(CO)[C@@H](O)C(C(O)[C@H]2OC(CO)CC(O)C2O)C1O. The summed E-state index contributed by atoms with van der Waals surface area (Å²) in [7, 11) is 1.25. The first kappa shape index (κ1) is 19.9. The van der Waals surface area contributed by atoms with Gasteiger partial charge in [-0.05, 0) is 0 Å². The number of aliphatic hydroxyl groups is 7. The Morgan fingerprint density at radius 1 is 1.00 bits per heavy atom. The van der Waals surface area contributed by atoms with E-state index in [4.69, 9.17) is 14.2 Å². The molecule has 10 atom stereocenters. The molecule has 7 N–H and O–H groups in total. The maximum absolute atomic E-state index is 10.6. The van der Waals surface area contributed by atoms with Gasteiger partial charge in [0.2, 0.25) is 0 Å². The number of methoxy groups -OCH3 is 1. The van der Waals surface area contributed by atoms with Gasteiger partial charge in [0.05, 0.1) is 37.6 Å². The van der Waals surface area contributed by atoms with Crippen LogP contribution in [0.15, 0.2) is 0 Å². The Balaban J connectivity index is 2.22. The molecule has 2 aliphatic heterocycles. The largest absolute Gasteiger partial charge is 0.394 e. The summed E-state index contributed by atoms with van der Waals surface area (Å²) in [5, 5.41) is 69.6. The lowest BCUT2D eigenvalue weighted by molar-refractivity contribution is -0.306. The molecule has 0 aromatic rings. The quantitative estimate of drug-likeness (QED) is 0.258. The van der Waals surface area contributed by atoms with Gasteiger partial charge in [0.1, 0.15) is 24.4 Å². The molecule has 2 fully saturated rings. The third-order valence-corrected chi connectivity index (χ3v) is 4.69. The van der Waals surface area contributed by atoms with Crippen molar-refractivity contribution in [2.45, 2.75) is 61.5 Å². The minimum absolute atomic E-state index is 0.0142. The molecule has 0 bridgehead atoms. The summed E-state index contributed by atoms with van der Waals surface area (Å²) in [4.78, 5) is 0. The third-order valence-electron chi connectivity index (χ3n) is 4.69. The lowest BCUT2D eigenvalue weighted by Gasteiger charge is -2.47. The van der Waals surface area contributed by atoms with E-state index in [0.717, 1.165) is 0 Å². The van der Waals surface area contributed by atoms with Crippen LogP contribution in [0.25, 0.3) is 0 Å². The number of aliphatic hydroxyl groups excluding tert-OH is 7. The Kier molecular flexibility index (Phi) is 6.90. The predicted octanol–water partition coefficient (Wildman–Crippen LogP) is -4.08. The Morgan fingerprint density at radius 3 is 2.21 bits per heavy atom. The summed E-state index contributed by atoms with van der Waals surface area (Å²) in [6, 6.07) is 0. The maximum Gasteiger partial charge on any atom is 0.184 e. The van der Waals surface area contributed by atoms with E-state index >= 15 is 0 Å². The highest BCUT2D eigenvalue weighted by atomic mass is 16.7. The van der Waals surface area contributed by atoms with Crippen molar-refractivity contribution < 1.29 is 50.0 Å². The van der Waals surface area contributed by atoms with E-state index in [2.05, 4.69) is 0 Å². The summed E-state index contributed by atoms with van der Waals surface area (Å²) in [6.45, 7) is -1.00. The zero-order valence-corrected chi connectivity index (χ0v) is 13.3. The first-order chi connectivity index (χ1) is 11.3. The molecule has 0 aromatic heterocycles. The van der Waals surface area contributed by atoms with Crippen LogP contribution in [-0.2, 0) is 14.2 Å². The molecule has 2 aliphatic rings. The summed E-state index contributed by atoms with van der Waals surface area (Å²) in [5.41, 5.74) is 0. The molecular weight excluding hydrogens is 328 g/mol. The number of hydrogen-bond acceptors (Lipinski definition) is 10. The Bertz CT molecular complexity index is 380. The predicted molar refractivity (Wildman–Crippen MR) is 76.6 cm³/mol. The van der Waals surface area contributed by atoms with Crippen LogP contribution in [0.5, 0.6) is 0 Å². The van der Waals surface area contributed by atoms with Gasteiger partial charge in [0.15, 0.2) is 6.29 Å². The average Bonchev–Trinajstić information content (AvgIpc) is 2.57. The lowest BCUT2D eigenvalue weighted by Crippen LogP contribution is -2.64. The first-order valence-electron chi connectivity index (χ1n) is 7.81. The average molecular weight is 354 g/mol. The highest BCUT2D eigenvalue weighted by Gasteiger charge is 2.52. The highest BCUT2D eigenvalue weighted by Crippen LogP contribution is 2.34. The van der Waals surface area contributed by atoms with E-state index in [-0.39, 0.29) is 6.42 Å². The van der Waals surface area contributed by atoms with Crippen molar-refractivity contribution in [3.8, 4) is 0 Å². The van der Waals surface area contributed by atoms with Crippen LogP contribution in [0, 0.1) is 5.92 Å². The summed E-state index contributed by atoms with van der Waals surface area (Å²) in [5.74, 6) is -1.27. The Hall–Kier alpha value is -0.400. The van der Waals surface area contributed by atoms with Gasteiger partial charge in [-0.1, -0.05) is 0 Å². The molecule has 0 radical (unpaired) electrons. The second-order valence-corrected chi connectivity index (χ2v) is 6.21. The normalized spacial score (nSPS) is 48.2. The molecule has 2 saturated heterocycles. The zero-order valence-electron chi connectivity index (χ0n) is 13.3. The van der Waals surface area contributed by atoms with Gasteiger partial charge < -0.3 is 50.0 Å². The van der Waals surface area contributed by atoms with Crippen molar-refractivity contribution in [2.75, 3.05) is 20.3 Å². The van der Waals surface area contributed by atoms with Crippen LogP contribution in [0.4, 0.5) is 0 Å². The van der Waals surface area contributed by atoms with E-state index in [0.29, 0.717) is 0 Å². The molecule has 2 heterocycles. The van der Waals surface area contributed by atoms with Crippen LogP contribution in [0.1, 0.15) is 6.42 Å². The monoisotopic (exact) mass is 354 g/mol. The molecule has 7 unspecified atom stereocenters. The van der Waals surface area contributed by atoms with E-state index in [1.54, 1.807) is 0 Å². The second kappa shape index (κ2) is 8.32. The molecule has 0 aromatic carbocycles. The van der Waals surface area contributed by atoms with Crippen molar-refractivity contribution in [1.29, 1.82) is 0 Å². The zero-order chi connectivity index (χ0) is 18.0. The van der Waals surface area contributed by atoms with E-state index in [1.165, 1.54) is 7.11 Å². The van der Waals surface area contributed by atoms with Gasteiger partial charge in [0, 0.05) is 19.4 Å². The van der Waals surface area contributed by atoms with Crippen molar-refractivity contribution in [3.63, 3.8) is 0 Å². The van der Waals surface area contributed by atoms with Crippen LogP contribution in [0.2, 0.25) is 0 Å². The third kappa shape index (κ3) is 3.73. The molecular formula is C14H26O10. The molecule has 2 rings (SSSR count). The number of rotatable bonds is 5. The van der Waals surface area contributed by atoms with Gasteiger partial charge in [-0.25, -0.2) is 0 Å². The van der Waals surface area contributed by atoms with Crippen molar-refractivity contribution >= 4 is 0 Å². The number of ether oxygens (including phenoxy) is 3. The first-order valence-corrected chi connectivity index (χ1v) is 7.81. The molecule has 10 heteroatoms. The lowest BCUT2D eigenvalue weighted by atomic mass is 9.79. The standard InChI is InChI=1S/C14H26O10/c1-22-14-12(21)8(10(19)7(4-16)24-14)11(20)13-9(18)6(17)2-5(3-15)23-13/h5-21H,2-4H2,1H3/t5?,6?,7?,8?,9?,10-,11?,12?,13+,14+/m1/s1. The molecule has 0 spiro atoms. The Labute approximate surface area is 138 Å². The number of hydrogen-bond donors (Lipinski definition) is 7. The van der Waals surface area contributed by atoms with Crippen molar-refractivity contribution in [1.82, 2.24) is 0 Å². The van der Waals surface area contributed by atoms with Gasteiger partial charge in [-0.2, -0.15) is 0 Å². The van der Waals surface area contributed by atoms with Crippen molar-refractivity contribution in [2.24, 2.45) is 5.92 Å². The highest BCUT2D eigenvalue weighted by molar-refractivity contribution is 4.99. The van der Waals surface area contributed by atoms with Crippen LogP contribution in [0.3, 0.4) is 0 Å². The van der Waals surface area contributed by atoms with Gasteiger partial charge in [-0.15, -0.1) is 0 Å². The molecule has 0 amide bonds. The van der Waals surface area contributed by atoms with Gasteiger partial charge in [-0.3, -0.25) is 0 Å². The molecule has 24 heavy (non-hydrogen) atoms. The minimum Gasteiger partial charge on any atom is -0.394 e. The summed E-state index contributed by atoms with van der Waals surface area (Å²) >= 11 is 0. The van der Waals surface area contributed by atoms with E-state index in [1.807, 2.05) is 0 Å². The fourth-order valence-corrected chi connectivity index (χ4v) is 3.32. The topological polar surface area (TPSA) is 169 Å². The van der Waals surface area contributed by atoms with Crippen LogP contribution in [-0.4, -0.2) is 111 Å². The molecule has 142 valence electrons. The van der Waals surface area contributed by atoms with Gasteiger partial charge >= 0.3 is 0 Å². The summed E-state index contributed by atoms with van der Waals surface area (Å²) in [6.07, 6.45) is -11.7. The fraction of sp³-hybridized carbons (Fsp3) is 1.00. The molecule has 0 aliphatic carbocycles. The summed E-state index contributed by atoms with van der Waals surface area (Å²) < 4.78 is 15.5. The maximum atomic E-state index is 10.6. The fourth-order valence-electron chi connectivity index (χ4n) is 3.32. The smallest absolute Gasteiger partial charge is 0.184 e. The molecule has 0 saturated carbocycles. The molecule has 10 nitrogen and oxygen atoms in total. The Morgan fingerprint density at radius 2 is 1.67 bits per heavy atom. The van der Waals surface area contributed by atoms with Gasteiger partial charge in [0.25, 0.3) is 0 Å². The van der Waals surface area contributed by atoms with Crippen LogP contribution < -0.4 is 0 Å². The minimum atomic E-state index is -1.61. The van der Waals surface area contributed by atoms with Crippen LogP contribution >= 0.6 is 0 Å².